The van der Waals surface area contributed by atoms with E-state index in [0.717, 1.165) is 19.3 Å². The molecule has 112 valence electrons. The van der Waals surface area contributed by atoms with Gasteiger partial charge in [-0.2, -0.15) is 0 Å². The molecule has 1 aliphatic carbocycles. The van der Waals surface area contributed by atoms with Gasteiger partial charge < -0.3 is 15.8 Å². The smallest absolute Gasteiger partial charge is 0.222 e. The third-order valence-corrected chi connectivity index (χ3v) is 3.80. The Bertz CT molecular complexity index is 251. The summed E-state index contributed by atoms with van der Waals surface area (Å²) in [6, 6.07) is 0.232. The Balaban J connectivity index is 1.99. The van der Waals surface area contributed by atoms with E-state index < -0.39 is 0 Å². The molecule has 1 fully saturated rings. The second-order valence-electron chi connectivity index (χ2n) is 5.88. The van der Waals surface area contributed by atoms with Crippen LogP contribution in [0.1, 0.15) is 58.8 Å². The monoisotopic (exact) mass is 270 g/mol. The summed E-state index contributed by atoms with van der Waals surface area (Å²) >= 11 is 0. The summed E-state index contributed by atoms with van der Waals surface area (Å²) in [6.45, 7) is 5.26. The molecule has 3 N–H and O–H groups in total. The van der Waals surface area contributed by atoms with Crippen LogP contribution in [0.15, 0.2) is 0 Å². The molecule has 2 unspecified atom stereocenters. The summed E-state index contributed by atoms with van der Waals surface area (Å²) in [5, 5.41) is 2.95. The highest BCUT2D eigenvalue weighted by molar-refractivity contribution is 5.78. The minimum Gasteiger partial charge on any atom is -0.376 e. The first kappa shape index (κ1) is 16.4. The molecular formula is C15H30N2O2. The molecule has 1 aliphatic rings. The highest BCUT2D eigenvalue weighted by Gasteiger charge is 2.15. The Hall–Kier alpha value is -0.610. The zero-order valence-corrected chi connectivity index (χ0v) is 12.5. The van der Waals surface area contributed by atoms with Crippen LogP contribution in [0, 0.1) is 5.92 Å². The van der Waals surface area contributed by atoms with E-state index in [1.54, 1.807) is 0 Å². The van der Waals surface area contributed by atoms with Gasteiger partial charge in [0.25, 0.3) is 0 Å². The predicted molar refractivity (Wildman–Crippen MR) is 77.9 cm³/mol. The topological polar surface area (TPSA) is 64.4 Å². The van der Waals surface area contributed by atoms with Crippen LogP contribution in [0.2, 0.25) is 0 Å². The lowest BCUT2D eigenvalue weighted by atomic mass is 10.0. The molecule has 0 aliphatic heterocycles. The minimum atomic E-state index is 0.0743. The number of nitrogens with two attached hydrogens (primary N) is 1. The number of carbonyl (C=O) groups excluding carboxylic acids is 1. The summed E-state index contributed by atoms with van der Waals surface area (Å²) < 4.78 is 5.71. The fourth-order valence-electron chi connectivity index (χ4n) is 2.51. The number of hydrogen-bond donors (Lipinski definition) is 2. The van der Waals surface area contributed by atoms with Crippen LogP contribution in [-0.4, -0.2) is 31.2 Å². The van der Waals surface area contributed by atoms with Gasteiger partial charge in [-0.05, 0) is 32.6 Å². The van der Waals surface area contributed by atoms with E-state index in [2.05, 4.69) is 5.32 Å². The van der Waals surface area contributed by atoms with Crippen molar-refractivity contribution in [3.8, 4) is 0 Å². The largest absolute Gasteiger partial charge is 0.376 e. The molecule has 0 radical (unpaired) electrons. The number of carbonyl (C=O) groups is 1. The van der Waals surface area contributed by atoms with Crippen LogP contribution in [0.4, 0.5) is 0 Å². The van der Waals surface area contributed by atoms with E-state index in [-0.39, 0.29) is 17.9 Å². The van der Waals surface area contributed by atoms with E-state index >= 15 is 0 Å². The lowest BCUT2D eigenvalue weighted by Crippen LogP contribution is -2.32. The first-order valence-corrected chi connectivity index (χ1v) is 7.74. The van der Waals surface area contributed by atoms with Gasteiger partial charge in [-0.15, -0.1) is 0 Å². The average Bonchev–Trinajstić information content (AvgIpc) is 2.86. The van der Waals surface area contributed by atoms with Gasteiger partial charge in [0.2, 0.25) is 5.91 Å². The van der Waals surface area contributed by atoms with Gasteiger partial charge in [0.1, 0.15) is 0 Å². The van der Waals surface area contributed by atoms with E-state index in [1.165, 1.54) is 25.7 Å². The maximum atomic E-state index is 11.8. The summed E-state index contributed by atoms with van der Waals surface area (Å²) in [5.74, 6) is 0.213. The summed E-state index contributed by atoms with van der Waals surface area (Å²) in [6.07, 6.45) is 8.29. The van der Waals surface area contributed by atoms with Crippen molar-refractivity contribution >= 4 is 5.91 Å². The molecule has 1 rings (SSSR count). The van der Waals surface area contributed by atoms with Crippen molar-refractivity contribution in [2.45, 2.75) is 70.9 Å². The van der Waals surface area contributed by atoms with E-state index in [4.69, 9.17) is 10.5 Å². The Labute approximate surface area is 117 Å². The second-order valence-corrected chi connectivity index (χ2v) is 5.88. The molecule has 4 heteroatoms. The quantitative estimate of drug-likeness (QED) is 0.631. The van der Waals surface area contributed by atoms with Gasteiger partial charge in [-0.25, -0.2) is 0 Å². The Morgan fingerprint density at radius 2 is 2.00 bits per heavy atom. The highest BCUT2D eigenvalue weighted by Crippen LogP contribution is 2.20. The van der Waals surface area contributed by atoms with Gasteiger partial charge in [0.15, 0.2) is 0 Å². The van der Waals surface area contributed by atoms with E-state index in [0.29, 0.717) is 19.3 Å². The van der Waals surface area contributed by atoms with Gasteiger partial charge in [0, 0.05) is 18.5 Å². The molecule has 19 heavy (non-hydrogen) atoms. The molecule has 0 aromatic carbocycles. The predicted octanol–water partition coefficient (Wildman–Crippen LogP) is 2.22. The number of amides is 1. The molecule has 1 saturated carbocycles. The minimum absolute atomic E-state index is 0.0743. The molecule has 0 spiro atoms. The number of rotatable bonds is 9. The van der Waals surface area contributed by atoms with E-state index in [1.807, 2.05) is 13.8 Å². The van der Waals surface area contributed by atoms with Crippen LogP contribution in [0.25, 0.3) is 0 Å². The van der Waals surface area contributed by atoms with Crippen molar-refractivity contribution < 1.29 is 9.53 Å². The van der Waals surface area contributed by atoms with Crippen molar-refractivity contribution in [3.63, 3.8) is 0 Å². The SMILES string of the molecule is CC(N)CCCC(C)C(=O)NCCOC1CCCC1. The van der Waals surface area contributed by atoms with Crippen molar-refractivity contribution in [3.05, 3.63) is 0 Å². The fraction of sp³-hybridized carbons (Fsp3) is 0.933. The molecule has 0 saturated heterocycles. The third-order valence-electron chi connectivity index (χ3n) is 3.80. The van der Waals surface area contributed by atoms with Gasteiger partial charge in [-0.3, -0.25) is 4.79 Å². The average molecular weight is 270 g/mol. The normalized spacial score (nSPS) is 19.3. The lowest BCUT2D eigenvalue weighted by molar-refractivity contribution is -0.125. The Morgan fingerprint density at radius 3 is 2.63 bits per heavy atom. The van der Waals surface area contributed by atoms with Gasteiger partial charge in [0.05, 0.1) is 12.7 Å². The van der Waals surface area contributed by atoms with Crippen molar-refractivity contribution in [2.75, 3.05) is 13.2 Å². The van der Waals surface area contributed by atoms with Crippen LogP contribution in [-0.2, 0) is 9.53 Å². The van der Waals surface area contributed by atoms with Crippen LogP contribution < -0.4 is 11.1 Å². The number of ether oxygens (including phenoxy) is 1. The standard InChI is InChI=1S/C15H30N2O2/c1-12(6-5-7-13(2)16)15(18)17-10-11-19-14-8-3-4-9-14/h12-14H,3-11,16H2,1-2H3,(H,17,18). The number of hydrogen-bond acceptors (Lipinski definition) is 3. The maximum Gasteiger partial charge on any atom is 0.222 e. The molecule has 0 aromatic heterocycles. The first-order chi connectivity index (χ1) is 9.09. The van der Waals surface area contributed by atoms with Crippen molar-refractivity contribution in [1.82, 2.24) is 5.32 Å². The third kappa shape index (κ3) is 7.53. The van der Waals surface area contributed by atoms with Crippen LogP contribution in [0.3, 0.4) is 0 Å². The molecule has 4 nitrogen and oxygen atoms in total. The molecular weight excluding hydrogens is 240 g/mol. The van der Waals surface area contributed by atoms with E-state index in [9.17, 15) is 4.79 Å². The summed E-state index contributed by atoms with van der Waals surface area (Å²) in [5.41, 5.74) is 5.70. The molecule has 2 atom stereocenters. The molecule has 1 amide bonds. The van der Waals surface area contributed by atoms with Crippen LogP contribution in [0.5, 0.6) is 0 Å². The first-order valence-electron chi connectivity index (χ1n) is 7.74. The van der Waals surface area contributed by atoms with Gasteiger partial charge >= 0.3 is 0 Å². The molecule has 0 bridgehead atoms. The highest BCUT2D eigenvalue weighted by atomic mass is 16.5. The van der Waals surface area contributed by atoms with Crippen molar-refractivity contribution in [1.29, 1.82) is 0 Å². The van der Waals surface area contributed by atoms with Crippen LogP contribution >= 0.6 is 0 Å². The fourth-order valence-corrected chi connectivity index (χ4v) is 2.51. The lowest BCUT2D eigenvalue weighted by Gasteiger charge is -2.14. The zero-order chi connectivity index (χ0) is 14.1. The van der Waals surface area contributed by atoms with Gasteiger partial charge in [-0.1, -0.05) is 26.2 Å². The van der Waals surface area contributed by atoms with Crippen molar-refractivity contribution in [2.24, 2.45) is 11.7 Å². The molecule has 0 aromatic rings. The maximum absolute atomic E-state index is 11.8. The number of nitrogens with one attached hydrogen (secondary N) is 1. The summed E-state index contributed by atoms with van der Waals surface area (Å²) in [4.78, 5) is 11.8. The second kappa shape index (κ2) is 9.32. The summed E-state index contributed by atoms with van der Waals surface area (Å²) in [7, 11) is 0. The Morgan fingerprint density at radius 1 is 1.32 bits per heavy atom. The molecule has 0 heterocycles. The zero-order valence-electron chi connectivity index (χ0n) is 12.5. The Kier molecular flexibility index (Phi) is 8.07.